The zero-order chi connectivity index (χ0) is 15.8. The summed E-state index contributed by atoms with van der Waals surface area (Å²) in [6.45, 7) is 4.13. The Morgan fingerprint density at radius 3 is 2.73 bits per heavy atom. The molecule has 0 radical (unpaired) electrons. The molecule has 5 nitrogen and oxygen atoms in total. The fourth-order valence-corrected chi connectivity index (χ4v) is 2.12. The second kappa shape index (κ2) is 8.17. The van der Waals surface area contributed by atoms with Crippen LogP contribution in [-0.4, -0.2) is 35.9 Å². The topological polar surface area (TPSA) is 54.2 Å². The van der Waals surface area contributed by atoms with E-state index in [1.54, 1.807) is 19.2 Å². The summed E-state index contributed by atoms with van der Waals surface area (Å²) in [5.74, 6) is 0.543. The molecule has 1 aromatic heterocycles. The summed E-state index contributed by atoms with van der Waals surface area (Å²) < 4.78 is 15.4. The SMILES string of the molecule is CN=C(NCCc1ccccc1F)NCCn1cc(C)cn1. The van der Waals surface area contributed by atoms with E-state index in [0.717, 1.165) is 18.7 Å². The van der Waals surface area contributed by atoms with Gasteiger partial charge in [0.1, 0.15) is 5.82 Å². The van der Waals surface area contributed by atoms with Gasteiger partial charge in [0, 0.05) is 26.3 Å². The second-order valence-electron chi connectivity index (χ2n) is 5.05. The van der Waals surface area contributed by atoms with Gasteiger partial charge >= 0.3 is 0 Å². The third-order valence-corrected chi connectivity index (χ3v) is 3.26. The quantitative estimate of drug-likeness (QED) is 0.631. The van der Waals surface area contributed by atoms with E-state index in [-0.39, 0.29) is 5.82 Å². The number of hydrogen-bond acceptors (Lipinski definition) is 2. The van der Waals surface area contributed by atoms with Crippen LogP contribution < -0.4 is 10.6 Å². The van der Waals surface area contributed by atoms with Crippen molar-refractivity contribution in [1.29, 1.82) is 0 Å². The van der Waals surface area contributed by atoms with Crippen LogP contribution in [0.5, 0.6) is 0 Å². The van der Waals surface area contributed by atoms with Crippen molar-refractivity contribution in [2.45, 2.75) is 19.9 Å². The Labute approximate surface area is 130 Å². The Morgan fingerprint density at radius 2 is 2.05 bits per heavy atom. The van der Waals surface area contributed by atoms with Gasteiger partial charge in [0.2, 0.25) is 0 Å². The van der Waals surface area contributed by atoms with E-state index >= 15 is 0 Å². The van der Waals surface area contributed by atoms with Crippen LogP contribution in [0.4, 0.5) is 4.39 Å². The minimum atomic E-state index is -0.165. The number of benzene rings is 1. The van der Waals surface area contributed by atoms with E-state index in [2.05, 4.69) is 20.7 Å². The van der Waals surface area contributed by atoms with Gasteiger partial charge in [-0.15, -0.1) is 0 Å². The number of halogens is 1. The minimum Gasteiger partial charge on any atom is -0.356 e. The lowest BCUT2D eigenvalue weighted by Gasteiger charge is -2.12. The summed E-state index contributed by atoms with van der Waals surface area (Å²) in [5.41, 5.74) is 1.85. The van der Waals surface area contributed by atoms with Gasteiger partial charge in [-0.1, -0.05) is 18.2 Å². The summed E-state index contributed by atoms with van der Waals surface area (Å²) in [6.07, 6.45) is 4.45. The molecule has 2 aromatic rings. The van der Waals surface area contributed by atoms with Gasteiger partial charge in [-0.2, -0.15) is 5.10 Å². The van der Waals surface area contributed by atoms with Crippen LogP contribution >= 0.6 is 0 Å². The van der Waals surface area contributed by atoms with Crippen LogP contribution in [0, 0.1) is 12.7 Å². The zero-order valence-corrected chi connectivity index (χ0v) is 13.0. The number of nitrogens with zero attached hydrogens (tertiary/aromatic N) is 3. The molecular weight excluding hydrogens is 281 g/mol. The highest BCUT2D eigenvalue weighted by Crippen LogP contribution is 2.05. The predicted molar refractivity (Wildman–Crippen MR) is 86.4 cm³/mol. The maximum Gasteiger partial charge on any atom is 0.191 e. The highest BCUT2D eigenvalue weighted by molar-refractivity contribution is 5.79. The van der Waals surface area contributed by atoms with Crippen LogP contribution in [0.15, 0.2) is 41.7 Å². The van der Waals surface area contributed by atoms with E-state index in [1.165, 1.54) is 6.07 Å². The summed E-state index contributed by atoms with van der Waals surface area (Å²) in [5, 5.41) is 10.6. The number of nitrogens with one attached hydrogen (secondary N) is 2. The standard InChI is InChI=1S/C16H22FN5/c1-13-11-21-22(12-13)10-9-20-16(18-2)19-8-7-14-5-3-4-6-15(14)17/h3-6,11-12H,7-10H2,1-2H3,(H2,18,19,20). The maximum atomic E-state index is 13.5. The van der Waals surface area contributed by atoms with Crippen molar-refractivity contribution in [2.75, 3.05) is 20.1 Å². The van der Waals surface area contributed by atoms with Crippen molar-refractivity contribution in [1.82, 2.24) is 20.4 Å². The van der Waals surface area contributed by atoms with E-state index in [9.17, 15) is 4.39 Å². The molecule has 0 spiro atoms. The lowest BCUT2D eigenvalue weighted by molar-refractivity contribution is 0.594. The first kappa shape index (κ1) is 16.0. The van der Waals surface area contributed by atoms with Crippen LogP contribution in [0.1, 0.15) is 11.1 Å². The molecule has 2 rings (SSSR count). The third-order valence-electron chi connectivity index (χ3n) is 3.26. The van der Waals surface area contributed by atoms with Gasteiger partial charge in [-0.05, 0) is 30.5 Å². The lowest BCUT2D eigenvalue weighted by Crippen LogP contribution is -2.39. The van der Waals surface area contributed by atoms with Gasteiger partial charge in [0.25, 0.3) is 0 Å². The molecule has 0 atom stereocenters. The number of hydrogen-bond donors (Lipinski definition) is 2. The van der Waals surface area contributed by atoms with Gasteiger partial charge in [-0.3, -0.25) is 9.67 Å². The Bertz CT molecular complexity index is 621. The smallest absolute Gasteiger partial charge is 0.191 e. The van der Waals surface area contributed by atoms with Gasteiger partial charge in [0.15, 0.2) is 5.96 Å². The van der Waals surface area contributed by atoms with Crippen LogP contribution in [0.25, 0.3) is 0 Å². The molecule has 1 heterocycles. The lowest BCUT2D eigenvalue weighted by atomic mass is 10.1. The normalized spacial score (nSPS) is 11.5. The zero-order valence-electron chi connectivity index (χ0n) is 13.0. The van der Waals surface area contributed by atoms with Crippen LogP contribution in [-0.2, 0) is 13.0 Å². The largest absolute Gasteiger partial charge is 0.356 e. The van der Waals surface area contributed by atoms with Gasteiger partial charge < -0.3 is 10.6 Å². The van der Waals surface area contributed by atoms with Crippen molar-refractivity contribution in [3.8, 4) is 0 Å². The van der Waals surface area contributed by atoms with Crippen molar-refractivity contribution >= 4 is 5.96 Å². The molecule has 118 valence electrons. The molecule has 0 aliphatic heterocycles. The molecule has 22 heavy (non-hydrogen) atoms. The fourth-order valence-electron chi connectivity index (χ4n) is 2.12. The first-order valence-corrected chi connectivity index (χ1v) is 7.36. The second-order valence-corrected chi connectivity index (χ2v) is 5.05. The van der Waals surface area contributed by atoms with E-state index in [4.69, 9.17) is 0 Å². The molecule has 0 unspecified atom stereocenters. The van der Waals surface area contributed by atoms with E-state index in [0.29, 0.717) is 24.5 Å². The fraction of sp³-hybridized carbons (Fsp3) is 0.375. The summed E-state index contributed by atoms with van der Waals surface area (Å²) in [7, 11) is 1.72. The minimum absolute atomic E-state index is 0.165. The van der Waals surface area contributed by atoms with Crippen LogP contribution in [0.3, 0.4) is 0 Å². The monoisotopic (exact) mass is 303 g/mol. The maximum absolute atomic E-state index is 13.5. The third kappa shape index (κ3) is 4.87. The summed E-state index contributed by atoms with van der Waals surface area (Å²) in [4.78, 5) is 4.15. The molecule has 6 heteroatoms. The molecule has 0 saturated heterocycles. The molecule has 0 amide bonds. The predicted octanol–water partition coefficient (Wildman–Crippen LogP) is 1.74. The van der Waals surface area contributed by atoms with Crippen molar-refractivity contribution in [3.05, 3.63) is 53.6 Å². The van der Waals surface area contributed by atoms with Crippen LogP contribution in [0.2, 0.25) is 0 Å². The Morgan fingerprint density at radius 1 is 1.27 bits per heavy atom. The first-order chi connectivity index (χ1) is 10.7. The van der Waals surface area contributed by atoms with E-state index < -0.39 is 0 Å². The Kier molecular flexibility index (Phi) is 5.94. The molecule has 0 aliphatic rings. The molecule has 1 aromatic carbocycles. The Balaban J connectivity index is 1.70. The summed E-state index contributed by atoms with van der Waals surface area (Å²) in [6, 6.07) is 6.82. The highest BCUT2D eigenvalue weighted by Gasteiger charge is 2.02. The Hall–Kier alpha value is -2.37. The first-order valence-electron chi connectivity index (χ1n) is 7.36. The average molecular weight is 303 g/mol. The molecule has 0 aliphatic carbocycles. The summed E-state index contributed by atoms with van der Waals surface area (Å²) >= 11 is 0. The number of aromatic nitrogens is 2. The molecule has 0 bridgehead atoms. The molecule has 2 N–H and O–H groups in total. The number of aryl methyl sites for hydroxylation is 1. The van der Waals surface area contributed by atoms with E-state index in [1.807, 2.05) is 30.1 Å². The number of guanidine groups is 1. The van der Waals surface area contributed by atoms with Crippen molar-refractivity contribution in [3.63, 3.8) is 0 Å². The van der Waals surface area contributed by atoms with Crippen molar-refractivity contribution < 1.29 is 4.39 Å². The highest BCUT2D eigenvalue weighted by atomic mass is 19.1. The number of aliphatic imine (C=N–C) groups is 1. The van der Waals surface area contributed by atoms with Gasteiger partial charge in [0.05, 0.1) is 12.7 Å². The van der Waals surface area contributed by atoms with Gasteiger partial charge in [-0.25, -0.2) is 4.39 Å². The molecule has 0 saturated carbocycles. The molecule has 0 fully saturated rings. The number of rotatable bonds is 6. The molecular formula is C16H22FN5. The van der Waals surface area contributed by atoms with Crippen molar-refractivity contribution in [2.24, 2.45) is 4.99 Å². The average Bonchev–Trinajstić information content (AvgIpc) is 2.93.